The second kappa shape index (κ2) is 7.11. The van der Waals surface area contributed by atoms with E-state index in [1.165, 1.54) is 4.68 Å². The molecule has 8 nitrogen and oxygen atoms in total. The Labute approximate surface area is 174 Å². The molecule has 2 saturated carbocycles. The molecule has 5 rings (SSSR count). The molecule has 1 aromatic heterocycles. The first-order valence-electron chi connectivity index (χ1n) is 10.8. The molecule has 158 valence electrons. The van der Waals surface area contributed by atoms with Gasteiger partial charge in [-0.2, -0.15) is 5.10 Å². The highest BCUT2D eigenvalue weighted by Gasteiger charge is 2.56. The number of primary amides is 1. The summed E-state index contributed by atoms with van der Waals surface area (Å²) in [5.74, 6) is 0.270. The third kappa shape index (κ3) is 3.24. The molecular formula is C22H27N5O3. The Morgan fingerprint density at radius 2 is 1.97 bits per heavy atom. The molecule has 8 heteroatoms. The van der Waals surface area contributed by atoms with Gasteiger partial charge in [-0.3, -0.25) is 19.1 Å². The summed E-state index contributed by atoms with van der Waals surface area (Å²) in [7, 11) is 0. The van der Waals surface area contributed by atoms with E-state index in [0.29, 0.717) is 22.7 Å². The second-order valence-corrected chi connectivity index (χ2v) is 9.13. The van der Waals surface area contributed by atoms with Crippen LogP contribution in [-0.4, -0.2) is 50.5 Å². The minimum Gasteiger partial charge on any atom is -0.364 e. The van der Waals surface area contributed by atoms with Crippen LogP contribution in [0.1, 0.15) is 49.5 Å². The molecule has 2 aromatic rings. The standard InChI is InChI=1S/C22H27N5O3/c1-12-6-7-14(8-12)24-22(30)18-10-13-9-17(13)27(18)19(28)11-26-16-5-3-2-4-15(16)20(25-26)21(23)29/h2-5,12-14,17-18H,6-11H2,1H3,(H2,23,29)(H,24,30)/t12-,13-,14-,17-,18+/m1/s1. The van der Waals surface area contributed by atoms with Crippen LogP contribution in [0, 0.1) is 11.8 Å². The average molecular weight is 409 g/mol. The highest BCUT2D eigenvalue weighted by Crippen LogP contribution is 2.48. The Morgan fingerprint density at radius 1 is 1.17 bits per heavy atom. The van der Waals surface area contributed by atoms with Crippen LogP contribution in [0.25, 0.3) is 10.9 Å². The molecule has 3 fully saturated rings. The van der Waals surface area contributed by atoms with E-state index in [1.807, 2.05) is 18.2 Å². The number of piperidine rings is 1. The highest BCUT2D eigenvalue weighted by molar-refractivity contribution is 6.04. The Hall–Kier alpha value is -2.90. The van der Waals surface area contributed by atoms with Gasteiger partial charge in [-0.1, -0.05) is 25.1 Å². The van der Waals surface area contributed by atoms with Crippen LogP contribution in [0.15, 0.2) is 24.3 Å². The van der Waals surface area contributed by atoms with Crippen LogP contribution < -0.4 is 11.1 Å². The summed E-state index contributed by atoms with van der Waals surface area (Å²) in [6.45, 7) is 2.20. The number of fused-ring (bicyclic) bond motifs is 2. The predicted octanol–water partition coefficient (Wildman–Crippen LogP) is 1.43. The maximum atomic E-state index is 13.2. The van der Waals surface area contributed by atoms with Crippen LogP contribution >= 0.6 is 0 Å². The van der Waals surface area contributed by atoms with Crippen LogP contribution in [0.4, 0.5) is 0 Å². The van der Waals surface area contributed by atoms with Gasteiger partial charge in [0.05, 0.1) is 5.52 Å². The number of hydrogen-bond acceptors (Lipinski definition) is 4. The summed E-state index contributed by atoms with van der Waals surface area (Å²) in [6, 6.07) is 7.19. The van der Waals surface area contributed by atoms with E-state index in [4.69, 9.17) is 5.73 Å². The van der Waals surface area contributed by atoms with Crippen molar-refractivity contribution in [1.82, 2.24) is 20.0 Å². The first kappa shape index (κ1) is 19.1. The van der Waals surface area contributed by atoms with Gasteiger partial charge >= 0.3 is 0 Å². The number of hydrogen-bond donors (Lipinski definition) is 2. The van der Waals surface area contributed by atoms with Crippen molar-refractivity contribution in [2.45, 2.75) is 63.7 Å². The molecule has 0 spiro atoms. The number of carbonyl (C=O) groups is 3. The maximum Gasteiger partial charge on any atom is 0.269 e. The molecule has 0 bridgehead atoms. The summed E-state index contributed by atoms with van der Waals surface area (Å²) < 4.78 is 1.53. The van der Waals surface area contributed by atoms with Gasteiger partial charge < -0.3 is 16.0 Å². The monoisotopic (exact) mass is 409 g/mol. The number of nitrogens with two attached hydrogens (primary N) is 1. The minimum absolute atomic E-state index is 0.0126. The SMILES string of the molecule is C[C@@H]1CC[C@@H](NC(=O)[C@@H]2C[C@H]3C[C@H]3N2C(=O)Cn2nc(C(N)=O)c3ccccc32)C1. The summed E-state index contributed by atoms with van der Waals surface area (Å²) >= 11 is 0. The number of para-hydroxylation sites is 1. The van der Waals surface area contributed by atoms with E-state index < -0.39 is 11.9 Å². The third-order valence-electron chi connectivity index (χ3n) is 6.91. The lowest BCUT2D eigenvalue weighted by molar-refractivity contribution is -0.140. The molecule has 3 N–H and O–H groups in total. The molecule has 1 aromatic carbocycles. The number of benzene rings is 1. The smallest absolute Gasteiger partial charge is 0.269 e. The number of carbonyl (C=O) groups excluding carboxylic acids is 3. The van der Waals surface area contributed by atoms with Gasteiger partial charge in [-0.15, -0.1) is 0 Å². The lowest BCUT2D eigenvalue weighted by Gasteiger charge is -2.28. The van der Waals surface area contributed by atoms with Crippen LogP contribution in [-0.2, 0) is 16.1 Å². The molecule has 3 aliphatic rings. The summed E-state index contributed by atoms with van der Waals surface area (Å²) in [6.07, 6.45) is 4.85. The zero-order valence-electron chi connectivity index (χ0n) is 17.1. The Morgan fingerprint density at radius 3 is 2.70 bits per heavy atom. The number of amides is 3. The fraction of sp³-hybridized carbons (Fsp3) is 0.545. The number of likely N-dealkylation sites (tertiary alicyclic amines) is 1. The van der Waals surface area contributed by atoms with Gasteiger partial charge in [0.15, 0.2) is 5.69 Å². The van der Waals surface area contributed by atoms with Crippen molar-refractivity contribution in [1.29, 1.82) is 0 Å². The van der Waals surface area contributed by atoms with E-state index in [2.05, 4.69) is 17.3 Å². The molecule has 2 heterocycles. The zero-order valence-corrected chi connectivity index (χ0v) is 17.1. The molecule has 0 radical (unpaired) electrons. The molecule has 1 aliphatic heterocycles. The quantitative estimate of drug-likeness (QED) is 0.778. The molecular weight excluding hydrogens is 382 g/mol. The average Bonchev–Trinajstić information content (AvgIpc) is 3.03. The first-order chi connectivity index (χ1) is 14.4. The lowest BCUT2D eigenvalue weighted by Crippen LogP contribution is -2.50. The Bertz CT molecular complexity index is 1030. The second-order valence-electron chi connectivity index (χ2n) is 9.13. The summed E-state index contributed by atoms with van der Waals surface area (Å²) in [5, 5.41) is 8.10. The highest BCUT2D eigenvalue weighted by atomic mass is 16.2. The number of nitrogens with one attached hydrogen (secondary N) is 1. The van der Waals surface area contributed by atoms with E-state index in [-0.39, 0.29) is 36.1 Å². The minimum atomic E-state index is -0.621. The van der Waals surface area contributed by atoms with E-state index in [1.54, 1.807) is 11.0 Å². The molecule has 2 aliphatic carbocycles. The largest absolute Gasteiger partial charge is 0.364 e. The fourth-order valence-electron chi connectivity index (χ4n) is 5.32. The molecule has 30 heavy (non-hydrogen) atoms. The van der Waals surface area contributed by atoms with E-state index in [9.17, 15) is 14.4 Å². The molecule has 3 amide bonds. The normalized spacial score (nSPS) is 29.8. The molecule has 5 atom stereocenters. The first-order valence-corrected chi connectivity index (χ1v) is 10.8. The van der Waals surface area contributed by atoms with Crippen molar-refractivity contribution in [2.24, 2.45) is 17.6 Å². The van der Waals surface area contributed by atoms with Gasteiger partial charge in [-0.05, 0) is 50.0 Å². The molecule has 1 saturated heterocycles. The van der Waals surface area contributed by atoms with Crippen LogP contribution in [0.3, 0.4) is 0 Å². The van der Waals surface area contributed by atoms with Crippen molar-refractivity contribution in [3.05, 3.63) is 30.0 Å². The van der Waals surface area contributed by atoms with Gasteiger partial charge in [0.2, 0.25) is 11.8 Å². The van der Waals surface area contributed by atoms with E-state index in [0.717, 1.165) is 32.1 Å². The number of aromatic nitrogens is 2. The van der Waals surface area contributed by atoms with Gasteiger partial charge in [-0.25, -0.2) is 0 Å². The van der Waals surface area contributed by atoms with Crippen molar-refractivity contribution in [3.63, 3.8) is 0 Å². The van der Waals surface area contributed by atoms with Crippen molar-refractivity contribution < 1.29 is 14.4 Å². The summed E-state index contributed by atoms with van der Waals surface area (Å²) in [5.41, 5.74) is 6.31. The fourth-order valence-corrected chi connectivity index (χ4v) is 5.32. The molecule has 0 unspecified atom stereocenters. The number of rotatable bonds is 5. The van der Waals surface area contributed by atoms with Gasteiger partial charge in [0, 0.05) is 17.5 Å². The van der Waals surface area contributed by atoms with E-state index >= 15 is 0 Å². The van der Waals surface area contributed by atoms with Gasteiger partial charge in [0.1, 0.15) is 12.6 Å². The van der Waals surface area contributed by atoms with Crippen molar-refractivity contribution in [3.8, 4) is 0 Å². The Kier molecular flexibility index (Phi) is 4.52. The topological polar surface area (TPSA) is 110 Å². The maximum absolute atomic E-state index is 13.2. The van der Waals surface area contributed by atoms with Crippen LogP contribution in [0.2, 0.25) is 0 Å². The Balaban J connectivity index is 1.35. The van der Waals surface area contributed by atoms with Crippen molar-refractivity contribution in [2.75, 3.05) is 0 Å². The van der Waals surface area contributed by atoms with Crippen LogP contribution in [0.5, 0.6) is 0 Å². The predicted molar refractivity (Wildman–Crippen MR) is 110 cm³/mol. The number of nitrogens with zero attached hydrogens (tertiary/aromatic N) is 3. The zero-order chi connectivity index (χ0) is 21.0. The summed E-state index contributed by atoms with van der Waals surface area (Å²) in [4.78, 5) is 39.7. The van der Waals surface area contributed by atoms with Crippen molar-refractivity contribution >= 4 is 28.6 Å². The van der Waals surface area contributed by atoms with Gasteiger partial charge in [0.25, 0.3) is 5.91 Å². The lowest BCUT2D eigenvalue weighted by atomic mass is 10.1. The third-order valence-corrected chi connectivity index (χ3v) is 6.91.